The summed E-state index contributed by atoms with van der Waals surface area (Å²) < 4.78 is 36.6. The molecule has 0 bridgehead atoms. The van der Waals surface area contributed by atoms with Gasteiger partial charge in [0.1, 0.15) is 0 Å². The van der Waals surface area contributed by atoms with E-state index in [0.29, 0.717) is 19.6 Å². The first-order valence-electron chi connectivity index (χ1n) is 8.20. The molecule has 0 aliphatic heterocycles. The minimum Gasteiger partial charge on any atom is -0.469 e. The van der Waals surface area contributed by atoms with E-state index in [1.807, 2.05) is 13.8 Å². The predicted octanol–water partition coefficient (Wildman–Crippen LogP) is 3.03. The van der Waals surface area contributed by atoms with Crippen molar-refractivity contribution in [2.45, 2.75) is 33.3 Å². The summed E-state index contributed by atoms with van der Waals surface area (Å²) in [5, 5.41) is 0. The quantitative estimate of drug-likeness (QED) is 0.504. The molecule has 1 atom stereocenters. The van der Waals surface area contributed by atoms with Crippen LogP contribution in [0.4, 0.5) is 8.78 Å². The molecule has 1 rings (SSSR count). The van der Waals surface area contributed by atoms with Gasteiger partial charge in [0.05, 0.1) is 19.1 Å². The van der Waals surface area contributed by atoms with Crippen LogP contribution in [0.25, 0.3) is 0 Å². The number of ether oxygens (including phenoxy) is 2. The highest BCUT2D eigenvalue weighted by Crippen LogP contribution is 2.13. The SMILES string of the molecule is COC(=O)C(C)CN(CCCOC(C)C)C(=O)c1ccc(F)c(F)c1. The highest BCUT2D eigenvalue weighted by molar-refractivity contribution is 5.94. The standard InChI is InChI=1S/C18H25F2NO4/c1-12(2)25-9-5-8-21(11-13(3)18(23)24-4)17(22)14-6-7-15(19)16(20)10-14/h6-7,10,12-13H,5,8-9,11H2,1-4H3. The van der Waals surface area contributed by atoms with Crippen molar-refractivity contribution in [3.05, 3.63) is 35.4 Å². The van der Waals surface area contributed by atoms with Gasteiger partial charge in [0, 0.05) is 25.3 Å². The van der Waals surface area contributed by atoms with Crippen LogP contribution >= 0.6 is 0 Å². The first-order chi connectivity index (χ1) is 11.8. The van der Waals surface area contributed by atoms with E-state index in [1.54, 1.807) is 6.92 Å². The zero-order valence-electron chi connectivity index (χ0n) is 15.1. The first kappa shape index (κ1) is 21.0. The Labute approximate surface area is 146 Å². The van der Waals surface area contributed by atoms with E-state index in [1.165, 1.54) is 18.1 Å². The van der Waals surface area contributed by atoms with Crippen molar-refractivity contribution < 1.29 is 27.8 Å². The van der Waals surface area contributed by atoms with Crippen LogP contribution in [0.2, 0.25) is 0 Å². The number of benzene rings is 1. The van der Waals surface area contributed by atoms with Gasteiger partial charge in [-0.3, -0.25) is 9.59 Å². The average Bonchev–Trinajstić information content (AvgIpc) is 2.58. The number of esters is 1. The molecule has 1 aromatic rings. The molecule has 0 saturated heterocycles. The maximum Gasteiger partial charge on any atom is 0.310 e. The van der Waals surface area contributed by atoms with Gasteiger partial charge in [0.25, 0.3) is 5.91 Å². The van der Waals surface area contributed by atoms with Crippen molar-refractivity contribution >= 4 is 11.9 Å². The van der Waals surface area contributed by atoms with Crippen LogP contribution in [0, 0.1) is 17.6 Å². The van der Waals surface area contributed by atoms with Gasteiger partial charge in [-0.1, -0.05) is 6.92 Å². The topological polar surface area (TPSA) is 55.8 Å². The zero-order chi connectivity index (χ0) is 19.0. The number of hydrogen-bond donors (Lipinski definition) is 0. The molecule has 0 heterocycles. The van der Waals surface area contributed by atoms with E-state index in [0.717, 1.165) is 12.1 Å². The predicted molar refractivity (Wildman–Crippen MR) is 89.1 cm³/mol. The van der Waals surface area contributed by atoms with Crippen LogP contribution < -0.4 is 0 Å². The van der Waals surface area contributed by atoms with Gasteiger partial charge < -0.3 is 14.4 Å². The molecule has 0 aromatic heterocycles. The van der Waals surface area contributed by atoms with Gasteiger partial charge in [-0.2, -0.15) is 0 Å². The van der Waals surface area contributed by atoms with E-state index in [-0.39, 0.29) is 18.2 Å². The third-order valence-electron chi connectivity index (χ3n) is 3.58. The van der Waals surface area contributed by atoms with Gasteiger partial charge in [0.15, 0.2) is 11.6 Å². The Balaban J connectivity index is 2.85. The third-order valence-corrected chi connectivity index (χ3v) is 3.58. The van der Waals surface area contributed by atoms with Gasteiger partial charge in [-0.25, -0.2) is 8.78 Å². The average molecular weight is 357 g/mol. The fraction of sp³-hybridized carbons (Fsp3) is 0.556. The summed E-state index contributed by atoms with van der Waals surface area (Å²) in [6.45, 7) is 6.35. The number of carbonyl (C=O) groups is 2. The Bertz CT molecular complexity index is 592. The lowest BCUT2D eigenvalue weighted by Crippen LogP contribution is -2.38. The minimum atomic E-state index is -1.09. The first-order valence-corrected chi connectivity index (χ1v) is 8.20. The smallest absolute Gasteiger partial charge is 0.310 e. The number of amides is 1. The molecule has 0 spiro atoms. The number of halogens is 2. The van der Waals surface area contributed by atoms with Gasteiger partial charge >= 0.3 is 5.97 Å². The van der Waals surface area contributed by atoms with E-state index in [9.17, 15) is 18.4 Å². The molecule has 0 radical (unpaired) electrons. The maximum absolute atomic E-state index is 13.4. The molecule has 0 N–H and O–H groups in total. The van der Waals surface area contributed by atoms with E-state index >= 15 is 0 Å². The molecule has 0 aliphatic rings. The van der Waals surface area contributed by atoms with Gasteiger partial charge in [-0.15, -0.1) is 0 Å². The number of methoxy groups -OCH3 is 1. The summed E-state index contributed by atoms with van der Waals surface area (Å²) in [4.78, 5) is 25.7. The van der Waals surface area contributed by atoms with Crippen molar-refractivity contribution in [3.8, 4) is 0 Å². The molecular formula is C18H25F2NO4. The van der Waals surface area contributed by atoms with Crippen molar-refractivity contribution in [2.75, 3.05) is 26.8 Å². The highest BCUT2D eigenvalue weighted by atomic mass is 19.2. The molecule has 0 fully saturated rings. The lowest BCUT2D eigenvalue weighted by molar-refractivity contribution is -0.145. The second kappa shape index (κ2) is 10.1. The van der Waals surface area contributed by atoms with Crippen molar-refractivity contribution in [1.29, 1.82) is 0 Å². The Morgan fingerprint density at radius 3 is 2.40 bits per heavy atom. The maximum atomic E-state index is 13.4. The van der Waals surface area contributed by atoms with Gasteiger partial charge in [0.2, 0.25) is 0 Å². The van der Waals surface area contributed by atoms with Crippen LogP contribution in [0.15, 0.2) is 18.2 Å². The molecule has 7 heteroatoms. The summed E-state index contributed by atoms with van der Waals surface area (Å²) in [7, 11) is 1.27. The highest BCUT2D eigenvalue weighted by Gasteiger charge is 2.23. The molecule has 1 unspecified atom stereocenters. The fourth-order valence-electron chi connectivity index (χ4n) is 2.27. The Hall–Kier alpha value is -2.02. The molecule has 0 saturated carbocycles. The molecule has 0 aliphatic carbocycles. The normalized spacial score (nSPS) is 12.1. The van der Waals surface area contributed by atoms with E-state index < -0.39 is 29.4 Å². The van der Waals surface area contributed by atoms with E-state index in [4.69, 9.17) is 4.74 Å². The molecule has 5 nitrogen and oxygen atoms in total. The van der Waals surface area contributed by atoms with Crippen molar-refractivity contribution in [2.24, 2.45) is 5.92 Å². The minimum absolute atomic E-state index is 0.0285. The number of carbonyl (C=O) groups excluding carboxylic acids is 2. The number of hydrogen-bond acceptors (Lipinski definition) is 4. The zero-order valence-corrected chi connectivity index (χ0v) is 15.1. The van der Waals surface area contributed by atoms with E-state index in [2.05, 4.69) is 4.74 Å². The van der Waals surface area contributed by atoms with Crippen LogP contribution in [-0.2, 0) is 14.3 Å². The molecular weight excluding hydrogens is 332 g/mol. The fourth-order valence-corrected chi connectivity index (χ4v) is 2.27. The van der Waals surface area contributed by atoms with Crippen molar-refractivity contribution in [3.63, 3.8) is 0 Å². The molecule has 140 valence electrons. The molecule has 25 heavy (non-hydrogen) atoms. The second-order valence-electron chi connectivity index (χ2n) is 6.08. The van der Waals surface area contributed by atoms with Crippen LogP contribution in [0.1, 0.15) is 37.6 Å². The lowest BCUT2D eigenvalue weighted by Gasteiger charge is -2.25. The van der Waals surface area contributed by atoms with Crippen LogP contribution in [0.3, 0.4) is 0 Å². The summed E-state index contributed by atoms with van der Waals surface area (Å²) in [6, 6.07) is 2.99. The molecule has 1 aromatic carbocycles. The summed E-state index contributed by atoms with van der Waals surface area (Å²) >= 11 is 0. The van der Waals surface area contributed by atoms with Gasteiger partial charge in [-0.05, 0) is 38.5 Å². The summed E-state index contributed by atoms with van der Waals surface area (Å²) in [5.41, 5.74) is 0.0285. The Morgan fingerprint density at radius 1 is 1.16 bits per heavy atom. The summed E-state index contributed by atoms with van der Waals surface area (Å²) in [5.74, 6) is -3.56. The monoisotopic (exact) mass is 357 g/mol. The third kappa shape index (κ3) is 6.78. The van der Waals surface area contributed by atoms with Crippen LogP contribution in [0.5, 0.6) is 0 Å². The van der Waals surface area contributed by atoms with Crippen LogP contribution in [-0.4, -0.2) is 49.7 Å². The van der Waals surface area contributed by atoms with Crippen molar-refractivity contribution in [1.82, 2.24) is 4.90 Å². The summed E-state index contributed by atoms with van der Waals surface area (Å²) in [6.07, 6.45) is 0.630. The number of nitrogens with zero attached hydrogens (tertiary/aromatic N) is 1. The Kier molecular flexibility index (Phi) is 8.48. The largest absolute Gasteiger partial charge is 0.469 e. The Morgan fingerprint density at radius 2 is 1.84 bits per heavy atom. The lowest BCUT2D eigenvalue weighted by atomic mass is 10.1. The second-order valence-corrected chi connectivity index (χ2v) is 6.08. The molecule has 1 amide bonds. The number of rotatable bonds is 9.